The number of carboxylic acid groups (broad SMARTS) is 1. The van der Waals surface area contributed by atoms with Crippen molar-refractivity contribution in [2.45, 2.75) is 45.6 Å². The molecule has 18 heavy (non-hydrogen) atoms. The summed E-state index contributed by atoms with van der Waals surface area (Å²) < 4.78 is 5.30. The second kappa shape index (κ2) is 4.14. The van der Waals surface area contributed by atoms with Gasteiger partial charge in [-0.2, -0.15) is 0 Å². The van der Waals surface area contributed by atoms with Gasteiger partial charge in [0.15, 0.2) is 0 Å². The Kier molecular flexibility index (Phi) is 3.03. The number of aliphatic carboxylic acids is 1. The molecule has 0 aromatic rings. The molecule has 1 aliphatic heterocycles. The van der Waals surface area contributed by atoms with Crippen molar-refractivity contribution in [1.29, 1.82) is 0 Å². The van der Waals surface area contributed by atoms with E-state index in [-0.39, 0.29) is 12.0 Å². The highest BCUT2D eigenvalue weighted by Gasteiger charge is 2.57. The van der Waals surface area contributed by atoms with Crippen LogP contribution >= 0.6 is 0 Å². The first-order valence-corrected chi connectivity index (χ1v) is 6.46. The Morgan fingerprint density at radius 1 is 1.33 bits per heavy atom. The van der Waals surface area contributed by atoms with Crippen molar-refractivity contribution < 1.29 is 19.4 Å². The van der Waals surface area contributed by atoms with Gasteiger partial charge in [-0.25, -0.2) is 4.79 Å². The van der Waals surface area contributed by atoms with Gasteiger partial charge >= 0.3 is 12.1 Å². The van der Waals surface area contributed by atoms with Gasteiger partial charge in [-0.05, 0) is 46.0 Å². The number of ether oxygens (including phenoxy) is 1. The van der Waals surface area contributed by atoms with Gasteiger partial charge in [0.2, 0.25) is 0 Å². The molecule has 0 bridgehead atoms. The van der Waals surface area contributed by atoms with E-state index in [0.29, 0.717) is 13.1 Å². The first-order chi connectivity index (χ1) is 8.24. The third-order valence-corrected chi connectivity index (χ3v) is 3.84. The van der Waals surface area contributed by atoms with Crippen LogP contribution in [0.4, 0.5) is 4.79 Å². The minimum Gasteiger partial charge on any atom is -0.481 e. The van der Waals surface area contributed by atoms with E-state index >= 15 is 0 Å². The Morgan fingerprint density at radius 3 is 2.39 bits per heavy atom. The minimum absolute atomic E-state index is 0.0857. The van der Waals surface area contributed by atoms with E-state index < -0.39 is 17.0 Å². The van der Waals surface area contributed by atoms with Gasteiger partial charge in [-0.3, -0.25) is 4.79 Å². The average Bonchev–Trinajstić information content (AvgIpc) is 2.87. The molecule has 102 valence electrons. The Labute approximate surface area is 107 Å². The number of carbonyl (C=O) groups is 2. The monoisotopic (exact) mass is 255 g/mol. The standard InChI is InChI=1S/C13H21NO4/c1-12(2,3)18-11(17)14-7-4-9(8-14)13(5-6-13)10(15)16/h9H,4-8H2,1-3H3,(H,15,16). The molecule has 0 spiro atoms. The molecule has 2 rings (SSSR count). The number of hydrogen-bond donors (Lipinski definition) is 1. The molecule has 1 atom stereocenters. The van der Waals surface area contributed by atoms with E-state index in [4.69, 9.17) is 4.74 Å². The fourth-order valence-electron chi connectivity index (χ4n) is 2.64. The molecule has 1 unspecified atom stereocenters. The van der Waals surface area contributed by atoms with Gasteiger partial charge in [-0.15, -0.1) is 0 Å². The van der Waals surface area contributed by atoms with Crippen LogP contribution in [-0.4, -0.2) is 40.8 Å². The maximum atomic E-state index is 11.9. The van der Waals surface area contributed by atoms with E-state index in [2.05, 4.69) is 0 Å². The molecule has 2 fully saturated rings. The van der Waals surface area contributed by atoms with Crippen molar-refractivity contribution >= 4 is 12.1 Å². The van der Waals surface area contributed by atoms with Crippen LogP contribution in [-0.2, 0) is 9.53 Å². The molecule has 1 amide bonds. The predicted octanol–water partition coefficient (Wildman–Crippen LogP) is 2.11. The SMILES string of the molecule is CC(C)(C)OC(=O)N1CCC(C2(C(=O)O)CC2)C1. The van der Waals surface area contributed by atoms with E-state index in [1.165, 1.54) is 0 Å². The fourth-order valence-corrected chi connectivity index (χ4v) is 2.64. The van der Waals surface area contributed by atoms with Crippen molar-refractivity contribution in [3.05, 3.63) is 0 Å². The predicted molar refractivity (Wildman–Crippen MR) is 65.2 cm³/mol. The van der Waals surface area contributed by atoms with Gasteiger partial charge in [0.25, 0.3) is 0 Å². The van der Waals surface area contributed by atoms with Crippen LogP contribution in [0.15, 0.2) is 0 Å². The second-order valence-corrected chi connectivity index (χ2v) is 6.37. The largest absolute Gasteiger partial charge is 0.481 e. The zero-order chi connectivity index (χ0) is 13.6. The number of carbonyl (C=O) groups excluding carboxylic acids is 1. The van der Waals surface area contributed by atoms with Crippen molar-refractivity contribution in [3.63, 3.8) is 0 Å². The van der Waals surface area contributed by atoms with Crippen LogP contribution in [0.2, 0.25) is 0 Å². The molecule has 0 radical (unpaired) electrons. The molecule has 2 aliphatic rings. The average molecular weight is 255 g/mol. The summed E-state index contributed by atoms with van der Waals surface area (Å²) in [5, 5.41) is 9.24. The summed E-state index contributed by atoms with van der Waals surface area (Å²) in [7, 11) is 0. The summed E-state index contributed by atoms with van der Waals surface area (Å²) >= 11 is 0. The first kappa shape index (κ1) is 13.2. The third-order valence-electron chi connectivity index (χ3n) is 3.84. The molecule has 0 aromatic carbocycles. The van der Waals surface area contributed by atoms with E-state index in [9.17, 15) is 14.7 Å². The fraction of sp³-hybridized carbons (Fsp3) is 0.846. The zero-order valence-electron chi connectivity index (χ0n) is 11.2. The van der Waals surface area contributed by atoms with Crippen molar-refractivity contribution in [2.75, 3.05) is 13.1 Å². The summed E-state index contributed by atoms with van der Waals surface area (Å²) in [6, 6.07) is 0. The highest BCUT2D eigenvalue weighted by atomic mass is 16.6. The molecule has 1 N–H and O–H groups in total. The van der Waals surface area contributed by atoms with Gasteiger partial charge < -0.3 is 14.7 Å². The molecular weight excluding hydrogens is 234 g/mol. The quantitative estimate of drug-likeness (QED) is 0.820. The third kappa shape index (κ3) is 2.44. The lowest BCUT2D eigenvalue weighted by molar-refractivity contribution is -0.145. The topological polar surface area (TPSA) is 66.8 Å². The van der Waals surface area contributed by atoms with Crippen LogP contribution in [0.1, 0.15) is 40.0 Å². The number of rotatable bonds is 2. The van der Waals surface area contributed by atoms with Crippen LogP contribution in [0.5, 0.6) is 0 Å². The Hall–Kier alpha value is -1.26. The van der Waals surface area contributed by atoms with E-state index in [1.807, 2.05) is 20.8 Å². The molecule has 1 heterocycles. The van der Waals surface area contributed by atoms with Crippen molar-refractivity contribution in [1.82, 2.24) is 4.90 Å². The molecule has 5 nitrogen and oxygen atoms in total. The summed E-state index contributed by atoms with van der Waals surface area (Å²) in [6.45, 7) is 6.62. The Balaban J connectivity index is 1.93. The number of hydrogen-bond acceptors (Lipinski definition) is 3. The number of likely N-dealkylation sites (tertiary alicyclic amines) is 1. The maximum Gasteiger partial charge on any atom is 0.410 e. The maximum absolute atomic E-state index is 11.9. The van der Waals surface area contributed by atoms with Gasteiger partial charge in [0.05, 0.1) is 5.41 Å². The summed E-state index contributed by atoms with van der Waals surface area (Å²) in [5.41, 5.74) is -1.06. The molecule has 1 saturated carbocycles. The van der Waals surface area contributed by atoms with Crippen molar-refractivity contribution in [3.8, 4) is 0 Å². The van der Waals surface area contributed by atoms with Gasteiger partial charge in [0.1, 0.15) is 5.60 Å². The highest BCUT2D eigenvalue weighted by molar-refractivity contribution is 5.78. The molecule has 5 heteroatoms. The van der Waals surface area contributed by atoms with Crippen LogP contribution in [0.3, 0.4) is 0 Å². The minimum atomic E-state index is -0.710. The summed E-state index contributed by atoms with van der Waals surface area (Å²) in [4.78, 5) is 24.8. The number of amides is 1. The summed E-state index contributed by atoms with van der Waals surface area (Å²) in [6.07, 6.45) is 1.93. The second-order valence-electron chi connectivity index (χ2n) is 6.37. The van der Waals surface area contributed by atoms with E-state index in [1.54, 1.807) is 4.90 Å². The lowest BCUT2D eigenvalue weighted by Gasteiger charge is -2.25. The van der Waals surface area contributed by atoms with Crippen LogP contribution in [0.25, 0.3) is 0 Å². The Bertz CT molecular complexity index is 368. The molecule has 0 aromatic heterocycles. The normalized spacial score (nSPS) is 25.9. The molecule has 1 saturated heterocycles. The van der Waals surface area contributed by atoms with Crippen LogP contribution < -0.4 is 0 Å². The molecule has 1 aliphatic carbocycles. The number of nitrogens with zero attached hydrogens (tertiary/aromatic N) is 1. The van der Waals surface area contributed by atoms with Crippen molar-refractivity contribution in [2.24, 2.45) is 11.3 Å². The summed E-state index contributed by atoms with van der Waals surface area (Å²) in [5.74, 6) is -0.624. The lowest BCUT2D eigenvalue weighted by atomic mass is 9.88. The highest BCUT2D eigenvalue weighted by Crippen LogP contribution is 2.55. The smallest absolute Gasteiger partial charge is 0.410 e. The lowest BCUT2D eigenvalue weighted by Crippen LogP contribution is -2.36. The van der Waals surface area contributed by atoms with Gasteiger partial charge in [-0.1, -0.05) is 0 Å². The van der Waals surface area contributed by atoms with E-state index in [0.717, 1.165) is 19.3 Å². The first-order valence-electron chi connectivity index (χ1n) is 6.46. The molecular formula is C13H21NO4. The number of carboxylic acids is 1. The zero-order valence-corrected chi connectivity index (χ0v) is 11.2. The van der Waals surface area contributed by atoms with Gasteiger partial charge in [0, 0.05) is 13.1 Å². The Morgan fingerprint density at radius 2 is 1.94 bits per heavy atom. The van der Waals surface area contributed by atoms with Crippen LogP contribution in [0, 0.1) is 11.3 Å².